The number of thiazole rings is 1. The summed E-state index contributed by atoms with van der Waals surface area (Å²) >= 11 is 7.78. The second kappa shape index (κ2) is 5.52. The molecule has 17 heavy (non-hydrogen) atoms. The predicted octanol–water partition coefficient (Wildman–Crippen LogP) is 4.07. The summed E-state index contributed by atoms with van der Waals surface area (Å²) in [7, 11) is 0. The van der Waals surface area contributed by atoms with Crippen LogP contribution in [0.5, 0.6) is 0 Å². The minimum atomic E-state index is 0.806. The molecule has 0 fully saturated rings. The predicted molar refractivity (Wildman–Crippen MR) is 75.2 cm³/mol. The first-order chi connectivity index (χ1) is 8.16. The van der Waals surface area contributed by atoms with Gasteiger partial charge in [0.25, 0.3) is 0 Å². The second-order valence-corrected chi connectivity index (χ2v) is 5.32. The number of aryl methyl sites for hydroxylation is 1. The first kappa shape index (κ1) is 12.4. The number of aromatic nitrogens is 1. The zero-order chi connectivity index (χ0) is 12.3. The van der Waals surface area contributed by atoms with Crippen LogP contribution in [0.15, 0.2) is 23.6 Å². The lowest BCUT2D eigenvalue weighted by Gasteiger charge is -2.09. The third kappa shape index (κ3) is 3.20. The molecule has 2 aromatic rings. The third-order valence-electron chi connectivity index (χ3n) is 2.59. The quantitative estimate of drug-likeness (QED) is 0.902. The summed E-state index contributed by atoms with van der Waals surface area (Å²) in [5, 5.41) is 7.46. The summed E-state index contributed by atoms with van der Waals surface area (Å²) in [6.07, 6.45) is 0.949. The maximum absolute atomic E-state index is 6.06. The van der Waals surface area contributed by atoms with E-state index in [4.69, 9.17) is 11.6 Å². The lowest BCUT2D eigenvalue weighted by atomic mass is 10.2. The van der Waals surface area contributed by atoms with E-state index in [1.54, 1.807) is 11.3 Å². The average Bonchev–Trinajstić information content (AvgIpc) is 2.70. The van der Waals surface area contributed by atoms with Crippen molar-refractivity contribution in [3.63, 3.8) is 0 Å². The molecule has 0 aliphatic carbocycles. The zero-order valence-corrected chi connectivity index (χ0v) is 11.5. The summed E-state index contributed by atoms with van der Waals surface area (Å²) in [6.45, 7) is 4.93. The highest BCUT2D eigenvalue weighted by Crippen LogP contribution is 2.22. The van der Waals surface area contributed by atoms with E-state index in [9.17, 15) is 0 Å². The van der Waals surface area contributed by atoms with E-state index >= 15 is 0 Å². The first-order valence-electron chi connectivity index (χ1n) is 5.57. The molecular formula is C13H15ClN2S. The Morgan fingerprint density at radius 1 is 1.35 bits per heavy atom. The van der Waals surface area contributed by atoms with Gasteiger partial charge in [-0.2, -0.15) is 0 Å². The first-order valence-corrected chi connectivity index (χ1v) is 6.82. The number of nitrogens with one attached hydrogen (secondary N) is 1. The SMILES string of the molecule is Cc1csc(CCNc2cccc(Cl)c2C)n1. The van der Waals surface area contributed by atoms with Gasteiger partial charge in [0.15, 0.2) is 0 Å². The number of anilines is 1. The van der Waals surface area contributed by atoms with Crippen LogP contribution in [0.3, 0.4) is 0 Å². The van der Waals surface area contributed by atoms with Crippen molar-refractivity contribution in [3.8, 4) is 0 Å². The molecule has 1 N–H and O–H groups in total. The molecule has 1 aromatic carbocycles. The average molecular weight is 267 g/mol. The summed E-state index contributed by atoms with van der Waals surface area (Å²) < 4.78 is 0. The van der Waals surface area contributed by atoms with E-state index in [1.165, 1.54) is 5.01 Å². The number of halogens is 1. The molecule has 0 aliphatic rings. The monoisotopic (exact) mass is 266 g/mol. The molecular weight excluding hydrogens is 252 g/mol. The van der Waals surface area contributed by atoms with E-state index in [0.29, 0.717) is 0 Å². The second-order valence-electron chi connectivity index (χ2n) is 3.97. The highest BCUT2D eigenvalue weighted by molar-refractivity contribution is 7.09. The smallest absolute Gasteiger partial charge is 0.0945 e. The van der Waals surface area contributed by atoms with Crippen LogP contribution in [-0.4, -0.2) is 11.5 Å². The van der Waals surface area contributed by atoms with Gasteiger partial charge >= 0.3 is 0 Å². The molecule has 0 amide bonds. The normalized spacial score (nSPS) is 10.5. The van der Waals surface area contributed by atoms with Crippen molar-refractivity contribution in [3.05, 3.63) is 44.9 Å². The van der Waals surface area contributed by atoms with Gasteiger partial charge in [-0.25, -0.2) is 4.98 Å². The molecule has 0 spiro atoms. The summed E-state index contributed by atoms with van der Waals surface area (Å²) in [4.78, 5) is 4.43. The number of hydrogen-bond acceptors (Lipinski definition) is 3. The highest BCUT2D eigenvalue weighted by Gasteiger charge is 2.02. The molecule has 1 heterocycles. The lowest BCUT2D eigenvalue weighted by molar-refractivity contribution is 0.985. The zero-order valence-electron chi connectivity index (χ0n) is 9.96. The molecule has 2 rings (SSSR count). The van der Waals surface area contributed by atoms with Crippen molar-refractivity contribution in [1.82, 2.24) is 4.98 Å². The Hall–Kier alpha value is -1.06. The van der Waals surface area contributed by atoms with Gasteiger partial charge in [-0.05, 0) is 31.5 Å². The van der Waals surface area contributed by atoms with Crippen LogP contribution in [0, 0.1) is 13.8 Å². The lowest BCUT2D eigenvalue weighted by Crippen LogP contribution is -2.06. The van der Waals surface area contributed by atoms with Crippen LogP contribution in [0.25, 0.3) is 0 Å². The molecule has 90 valence electrons. The van der Waals surface area contributed by atoms with E-state index in [-0.39, 0.29) is 0 Å². The van der Waals surface area contributed by atoms with E-state index < -0.39 is 0 Å². The fourth-order valence-corrected chi connectivity index (χ4v) is 2.57. The molecule has 0 saturated carbocycles. The maximum atomic E-state index is 6.06. The minimum Gasteiger partial charge on any atom is -0.384 e. The molecule has 0 aliphatic heterocycles. The van der Waals surface area contributed by atoms with Crippen LogP contribution >= 0.6 is 22.9 Å². The van der Waals surface area contributed by atoms with Crippen LogP contribution in [0.1, 0.15) is 16.3 Å². The number of nitrogens with zero attached hydrogens (tertiary/aromatic N) is 1. The maximum Gasteiger partial charge on any atom is 0.0945 e. The van der Waals surface area contributed by atoms with Crippen LogP contribution < -0.4 is 5.32 Å². The van der Waals surface area contributed by atoms with Crippen molar-refractivity contribution in [1.29, 1.82) is 0 Å². The van der Waals surface area contributed by atoms with Gasteiger partial charge in [0.2, 0.25) is 0 Å². The number of benzene rings is 1. The van der Waals surface area contributed by atoms with Crippen LogP contribution in [-0.2, 0) is 6.42 Å². The Labute approximate surface area is 111 Å². The molecule has 0 bridgehead atoms. The van der Waals surface area contributed by atoms with E-state index in [0.717, 1.165) is 34.9 Å². The standard InChI is InChI=1S/C13H15ClN2S/c1-9-8-17-13(16-9)6-7-15-12-5-3-4-11(14)10(12)2/h3-5,8,15H,6-7H2,1-2H3. The van der Waals surface area contributed by atoms with Gasteiger partial charge in [0.05, 0.1) is 5.01 Å². The van der Waals surface area contributed by atoms with E-state index in [2.05, 4.69) is 15.7 Å². The van der Waals surface area contributed by atoms with Gasteiger partial charge < -0.3 is 5.32 Å². The van der Waals surface area contributed by atoms with Gasteiger partial charge in [-0.1, -0.05) is 17.7 Å². The molecule has 0 radical (unpaired) electrons. The Balaban J connectivity index is 1.92. The van der Waals surface area contributed by atoms with Gasteiger partial charge in [0.1, 0.15) is 0 Å². The molecule has 2 nitrogen and oxygen atoms in total. The topological polar surface area (TPSA) is 24.9 Å². The number of rotatable bonds is 4. The summed E-state index contributed by atoms with van der Waals surface area (Å²) in [5.74, 6) is 0. The summed E-state index contributed by atoms with van der Waals surface area (Å²) in [5.41, 5.74) is 3.30. The van der Waals surface area contributed by atoms with Crippen molar-refractivity contribution < 1.29 is 0 Å². The number of hydrogen-bond donors (Lipinski definition) is 1. The minimum absolute atomic E-state index is 0.806. The fourth-order valence-electron chi connectivity index (χ4n) is 1.62. The van der Waals surface area contributed by atoms with Crippen molar-refractivity contribution in [2.45, 2.75) is 20.3 Å². The van der Waals surface area contributed by atoms with Crippen LogP contribution in [0.2, 0.25) is 5.02 Å². The van der Waals surface area contributed by atoms with Gasteiger partial charge in [0, 0.05) is 34.7 Å². The molecule has 0 saturated heterocycles. The Morgan fingerprint density at radius 3 is 2.88 bits per heavy atom. The van der Waals surface area contributed by atoms with Gasteiger partial charge in [-0.15, -0.1) is 11.3 Å². The van der Waals surface area contributed by atoms with Crippen LogP contribution in [0.4, 0.5) is 5.69 Å². The Kier molecular flexibility index (Phi) is 4.02. The molecule has 0 atom stereocenters. The highest BCUT2D eigenvalue weighted by atomic mass is 35.5. The third-order valence-corrected chi connectivity index (χ3v) is 4.02. The largest absolute Gasteiger partial charge is 0.384 e. The molecule has 4 heteroatoms. The van der Waals surface area contributed by atoms with Crippen molar-refractivity contribution in [2.75, 3.05) is 11.9 Å². The Morgan fingerprint density at radius 2 is 2.18 bits per heavy atom. The van der Waals surface area contributed by atoms with Crippen molar-refractivity contribution >= 4 is 28.6 Å². The van der Waals surface area contributed by atoms with Crippen molar-refractivity contribution in [2.24, 2.45) is 0 Å². The summed E-state index contributed by atoms with van der Waals surface area (Å²) in [6, 6.07) is 5.92. The molecule has 1 aromatic heterocycles. The van der Waals surface area contributed by atoms with Gasteiger partial charge in [-0.3, -0.25) is 0 Å². The molecule has 0 unspecified atom stereocenters. The fraction of sp³-hybridized carbons (Fsp3) is 0.308. The Bertz CT molecular complexity index is 508. The van der Waals surface area contributed by atoms with E-state index in [1.807, 2.05) is 32.0 Å².